The number of hydrogen-bond donors (Lipinski definition) is 0. The van der Waals surface area contributed by atoms with E-state index in [-0.39, 0.29) is 23.3 Å². The first kappa shape index (κ1) is 25.3. The first-order valence-electron chi connectivity index (χ1n) is 12.3. The number of β-lactam (4-membered cyclic amide) rings is 1. The van der Waals surface area contributed by atoms with Crippen LogP contribution in [0.2, 0.25) is 25.7 Å². The fourth-order valence-electron chi connectivity index (χ4n) is 4.71. The molecule has 9 nitrogen and oxygen atoms in total. The standard InChI is InChI=1S/C28H27N3O6Si/c1-38(2,3)17-16-37-28(36)21-14-9-15-29(24(32)18-10-5-4-6-11-18)31-22(21)23(27(31)35)30-25(33)19-12-7-8-13-20(19)26(30)34/h4-15,22-23H,16-17H2,1-3H3/t22-,23+/m0/s1. The Bertz CT molecular complexity index is 1380. The molecule has 0 aliphatic carbocycles. The average molecular weight is 530 g/mol. The molecule has 10 heteroatoms. The highest BCUT2D eigenvalue weighted by Gasteiger charge is 2.61. The van der Waals surface area contributed by atoms with Gasteiger partial charge in [0.15, 0.2) is 0 Å². The van der Waals surface area contributed by atoms with E-state index >= 15 is 0 Å². The van der Waals surface area contributed by atoms with Gasteiger partial charge in [0.1, 0.15) is 12.1 Å². The number of fused-ring (bicyclic) bond motifs is 2. The molecule has 3 aliphatic rings. The third kappa shape index (κ3) is 4.26. The largest absolute Gasteiger partial charge is 0.463 e. The van der Waals surface area contributed by atoms with Gasteiger partial charge in [-0.2, -0.15) is 0 Å². The highest BCUT2D eigenvalue weighted by atomic mass is 28.3. The molecule has 0 bridgehead atoms. The fraction of sp³-hybridized carbons (Fsp3) is 0.250. The molecule has 3 heterocycles. The number of rotatable bonds is 6. The molecule has 0 radical (unpaired) electrons. The van der Waals surface area contributed by atoms with Gasteiger partial charge in [-0.3, -0.25) is 24.1 Å². The number of imide groups is 1. The normalized spacial score (nSPS) is 20.4. The lowest BCUT2D eigenvalue weighted by atomic mass is 9.88. The fourth-order valence-corrected chi connectivity index (χ4v) is 5.43. The number of nitrogens with zero attached hydrogens (tertiary/aromatic N) is 3. The van der Waals surface area contributed by atoms with Crippen molar-refractivity contribution in [1.82, 2.24) is 14.9 Å². The monoisotopic (exact) mass is 529 g/mol. The van der Waals surface area contributed by atoms with Gasteiger partial charge in [0.25, 0.3) is 23.6 Å². The smallest absolute Gasteiger partial charge is 0.336 e. The minimum absolute atomic E-state index is 0.0846. The third-order valence-corrected chi connectivity index (χ3v) is 8.45. The van der Waals surface area contributed by atoms with Crippen molar-refractivity contribution in [3.8, 4) is 0 Å². The number of ether oxygens (including phenoxy) is 1. The van der Waals surface area contributed by atoms with Crippen LogP contribution in [-0.4, -0.2) is 71.3 Å². The predicted octanol–water partition coefficient (Wildman–Crippen LogP) is 3.25. The first-order valence-corrected chi connectivity index (χ1v) is 16.0. The van der Waals surface area contributed by atoms with E-state index in [1.165, 1.54) is 30.5 Å². The quantitative estimate of drug-likeness (QED) is 0.246. The zero-order valence-electron chi connectivity index (χ0n) is 21.3. The van der Waals surface area contributed by atoms with Gasteiger partial charge in [0.2, 0.25) is 0 Å². The number of amides is 4. The summed E-state index contributed by atoms with van der Waals surface area (Å²) in [7, 11) is -1.49. The molecule has 194 valence electrons. The molecule has 4 amide bonds. The lowest BCUT2D eigenvalue weighted by Gasteiger charge is -2.51. The Labute approximate surface area is 220 Å². The highest BCUT2D eigenvalue weighted by Crippen LogP contribution is 2.39. The van der Waals surface area contributed by atoms with Crippen molar-refractivity contribution < 1.29 is 28.7 Å². The van der Waals surface area contributed by atoms with E-state index < -0.39 is 49.8 Å². The van der Waals surface area contributed by atoms with Crippen LogP contribution in [0.3, 0.4) is 0 Å². The highest BCUT2D eigenvalue weighted by molar-refractivity contribution is 6.76. The van der Waals surface area contributed by atoms with Crippen molar-refractivity contribution in [2.24, 2.45) is 0 Å². The molecule has 2 aromatic rings. The van der Waals surface area contributed by atoms with E-state index in [0.717, 1.165) is 21.0 Å². The number of carbonyl (C=O) groups is 5. The molecule has 0 aromatic heterocycles. The second-order valence-electron chi connectivity index (χ2n) is 10.5. The number of benzene rings is 2. The van der Waals surface area contributed by atoms with Crippen LogP contribution in [0, 0.1) is 0 Å². The number of allylic oxidation sites excluding steroid dienone is 2. The molecular weight excluding hydrogens is 502 g/mol. The molecule has 0 spiro atoms. The van der Waals surface area contributed by atoms with Crippen molar-refractivity contribution in [1.29, 1.82) is 0 Å². The molecule has 5 rings (SSSR count). The van der Waals surface area contributed by atoms with E-state index in [2.05, 4.69) is 19.6 Å². The predicted molar refractivity (Wildman–Crippen MR) is 140 cm³/mol. The summed E-state index contributed by atoms with van der Waals surface area (Å²) in [6.07, 6.45) is 4.35. The molecule has 1 saturated heterocycles. The maximum absolute atomic E-state index is 13.6. The molecular formula is C28H27N3O6Si. The molecule has 0 N–H and O–H groups in total. The van der Waals surface area contributed by atoms with Gasteiger partial charge in [-0.05, 0) is 42.5 Å². The van der Waals surface area contributed by atoms with E-state index in [9.17, 15) is 24.0 Å². The molecule has 2 aromatic carbocycles. The van der Waals surface area contributed by atoms with Crippen molar-refractivity contribution in [3.05, 3.63) is 95.2 Å². The van der Waals surface area contributed by atoms with Crippen molar-refractivity contribution in [3.63, 3.8) is 0 Å². The summed E-state index contributed by atoms with van der Waals surface area (Å²) < 4.78 is 5.57. The van der Waals surface area contributed by atoms with Crippen LogP contribution in [0.4, 0.5) is 0 Å². The molecule has 0 unspecified atom stereocenters. The summed E-state index contributed by atoms with van der Waals surface area (Å²) in [4.78, 5) is 67.7. The Morgan fingerprint density at radius 2 is 1.47 bits per heavy atom. The van der Waals surface area contributed by atoms with Gasteiger partial charge >= 0.3 is 5.97 Å². The molecule has 1 fully saturated rings. The zero-order chi connectivity index (χ0) is 27.2. The van der Waals surface area contributed by atoms with Gasteiger partial charge in [-0.15, -0.1) is 0 Å². The number of carbonyl (C=O) groups excluding carboxylic acids is 5. The maximum atomic E-state index is 13.6. The van der Waals surface area contributed by atoms with E-state index in [1.807, 2.05) is 0 Å². The summed E-state index contributed by atoms with van der Waals surface area (Å²) in [5.74, 6) is -3.05. The van der Waals surface area contributed by atoms with Gasteiger partial charge in [0.05, 0.1) is 23.3 Å². The Morgan fingerprint density at radius 1 is 0.868 bits per heavy atom. The summed E-state index contributed by atoms with van der Waals surface area (Å²) in [6.45, 7) is 6.69. The Morgan fingerprint density at radius 3 is 2.08 bits per heavy atom. The summed E-state index contributed by atoms with van der Waals surface area (Å²) in [6, 6.07) is 13.1. The Kier molecular flexibility index (Phi) is 6.35. The van der Waals surface area contributed by atoms with Crippen molar-refractivity contribution in [2.75, 3.05) is 6.61 Å². The van der Waals surface area contributed by atoms with Gasteiger partial charge in [-0.1, -0.05) is 50.0 Å². The van der Waals surface area contributed by atoms with Crippen LogP contribution < -0.4 is 0 Å². The van der Waals surface area contributed by atoms with E-state index in [1.54, 1.807) is 42.5 Å². The number of hydrazine groups is 1. The second kappa shape index (κ2) is 9.53. The summed E-state index contributed by atoms with van der Waals surface area (Å²) in [5.41, 5.74) is 0.794. The first-order chi connectivity index (χ1) is 18.1. The number of hydrogen-bond acceptors (Lipinski definition) is 6. The van der Waals surface area contributed by atoms with Crippen LogP contribution >= 0.6 is 0 Å². The lowest BCUT2D eigenvalue weighted by molar-refractivity contribution is -0.173. The van der Waals surface area contributed by atoms with Crippen molar-refractivity contribution >= 4 is 37.7 Å². The number of esters is 1. The van der Waals surface area contributed by atoms with Crippen LogP contribution in [0.15, 0.2) is 78.5 Å². The second-order valence-corrected chi connectivity index (χ2v) is 16.1. The van der Waals surface area contributed by atoms with E-state index in [4.69, 9.17) is 4.74 Å². The minimum Gasteiger partial charge on any atom is -0.463 e. The summed E-state index contributed by atoms with van der Waals surface area (Å²) in [5, 5.41) is 2.24. The Hall–Kier alpha value is -4.31. The van der Waals surface area contributed by atoms with Crippen LogP contribution in [0.5, 0.6) is 0 Å². The molecule has 0 saturated carbocycles. The van der Waals surface area contributed by atoms with Crippen molar-refractivity contribution in [2.45, 2.75) is 37.8 Å². The topological polar surface area (TPSA) is 104 Å². The average Bonchev–Trinajstić information content (AvgIpc) is 3.03. The van der Waals surface area contributed by atoms with Gasteiger partial charge in [-0.25, -0.2) is 14.8 Å². The maximum Gasteiger partial charge on any atom is 0.336 e. The Balaban J connectivity index is 1.50. The SMILES string of the molecule is C[Si](C)(C)CCOC(=O)C1=CC=CN(C(=O)c2ccccc2)N2C(=O)[C@H](N3C(=O)c4ccccc4C3=O)[C@H]12. The third-order valence-electron chi connectivity index (χ3n) is 6.75. The molecule has 2 atom stereocenters. The van der Waals surface area contributed by atoms with Crippen LogP contribution in [-0.2, 0) is 14.3 Å². The zero-order valence-corrected chi connectivity index (χ0v) is 22.3. The van der Waals surface area contributed by atoms with Gasteiger partial charge in [0, 0.05) is 19.8 Å². The minimum atomic E-state index is -1.49. The summed E-state index contributed by atoms with van der Waals surface area (Å²) >= 11 is 0. The molecule has 3 aliphatic heterocycles. The van der Waals surface area contributed by atoms with Crippen LogP contribution in [0.25, 0.3) is 0 Å². The lowest BCUT2D eigenvalue weighted by Crippen LogP contribution is -2.76. The van der Waals surface area contributed by atoms with Crippen LogP contribution in [0.1, 0.15) is 31.1 Å². The van der Waals surface area contributed by atoms with E-state index in [0.29, 0.717) is 5.56 Å². The van der Waals surface area contributed by atoms with Gasteiger partial charge < -0.3 is 4.74 Å². The molecule has 38 heavy (non-hydrogen) atoms.